The summed E-state index contributed by atoms with van der Waals surface area (Å²) in [6.07, 6.45) is -4.26. The first-order valence-electron chi connectivity index (χ1n) is 12.0. The van der Waals surface area contributed by atoms with Gasteiger partial charge in [0.05, 0.1) is 11.3 Å². The Labute approximate surface area is 223 Å². The highest BCUT2D eigenvalue weighted by Gasteiger charge is 2.45. The van der Waals surface area contributed by atoms with E-state index in [1.54, 1.807) is 0 Å². The third-order valence-electron chi connectivity index (χ3n) is 6.80. The highest BCUT2D eigenvalue weighted by molar-refractivity contribution is 6.32. The van der Waals surface area contributed by atoms with Crippen LogP contribution in [-0.2, 0) is 17.5 Å². The van der Waals surface area contributed by atoms with Crippen molar-refractivity contribution in [2.24, 2.45) is 5.10 Å². The van der Waals surface area contributed by atoms with Gasteiger partial charge in [0, 0.05) is 28.7 Å². The number of hydrogen-bond donors (Lipinski definition) is 0. The van der Waals surface area contributed by atoms with Crippen molar-refractivity contribution < 1.29 is 35.5 Å². The summed E-state index contributed by atoms with van der Waals surface area (Å²) >= 11 is 0. The molecule has 0 unspecified atom stereocenters. The molecule has 0 fully saturated rings. The zero-order valence-electron chi connectivity index (χ0n) is 21.3. The zero-order valence-corrected chi connectivity index (χ0v) is 21.3. The van der Waals surface area contributed by atoms with Crippen molar-refractivity contribution >= 4 is 34.3 Å². The van der Waals surface area contributed by atoms with Crippen molar-refractivity contribution in [1.82, 2.24) is 4.57 Å². The molecule has 206 valence electrons. The number of benzene rings is 3. The monoisotopic (exact) mass is 559 g/mol. The van der Waals surface area contributed by atoms with Gasteiger partial charge < -0.3 is 4.57 Å². The van der Waals surface area contributed by atoms with Gasteiger partial charge in [-0.05, 0) is 44.5 Å². The molecule has 11 heteroatoms. The molecule has 0 N–H and O–H groups in total. The van der Waals surface area contributed by atoms with E-state index >= 15 is 0 Å². The maximum absolute atomic E-state index is 14.7. The largest absolute Gasteiger partial charge is 0.422 e. The van der Waals surface area contributed by atoms with E-state index in [4.69, 9.17) is 0 Å². The van der Waals surface area contributed by atoms with Gasteiger partial charge in [0.2, 0.25) is 0 Å². The molecule has 4 aromatic rings. The van der Waals surface area contributed by atoms with Gasteiger partial charge in [0.25, 0.3) is 5.91 Å². The molecule has 1 amide bonds. The van der Waals surface area contributed by atoms with E-state index in [0.717, 1.165) is 27.7 Å². The number of rotatable bonds is 4. The van der Waals surface area contributed by atoms with Crippen molar-refractivity contribution in [3.05, 3.63) is 105 Å². The molecule has 0 spiro atoms. The fourth-order valence-electron chi connectivity index (χ4n) is 4.81. The summed E-state index contributed by atoms with van der Waals surface area (Å²) in [6.45, 7) is 5.55. The van der Waals surface area contributed by atoms with Gasteiger partial charge in [-0.2, -0.15) is 23.3 Å². The Bertz CT molecular complexity index is 1720. The molecule has 1 aliphatic heterocycles. The summed E-state index contributed by atoms with van der Waals surface area (Å²) in [5.41, 5.74) is -0.473. The average molecular weight is 559 g/mol. The van der Waals surface area contributed by atoms with Crippen LogP contribution in [0.2, 0.25) is 0 Å². The molecule has 1 aromatic heterocycles. The van der Waals surface area contributed by atoms with E-state index in [0.29, 0.717) is 12.1 Å². The molecule has 1 aliphatic rings. The summed E-state index contributed by atoms with van der Waals surface area (Å²) < 4.78 is 99.0. The van der Waals surface area contributed by atoms with Crippen LogP contribution in [0.25, 0.3) is 17.0 Å². The third-order valence-corrected chi connectivity index (χ3v) is 6.80. The molecule has 0 saturated carbocycles. The van der Waals surface area contributed by atoms with E-state index in [2.05, 4.69) is 5.10 Å². The van der Waals surface area contributed by atoms with Crippen LogP contribution >= 0.6 is 0 Å². The molecule has 4 nitrogen and oxygen atoms in total. The number of amides is 1. The molecule has 5 rings (SSSR count). The van der Waals surface area contributed by atoms with Crippen molar-refractivity contribution in [2.45, 2.75) is 33.5 Å². The lowest BCUT2D eigenvalue weighted by atomic mass is 10.0. The fraction of sp³-hybridized carbons (Fsp3) is 0.172. The second-order valence-electron chi connectivity index (χ2n) is 9.43. The molecular formula is C29H20F7N3O. The number of nitrogens with zero attached hydrogens (tertiary/aromatic N) is 3. The number of aryl methyl sites for hydroxylation is 1. The average Bonchev–Trinajstić information content (AvgIpc) is 3.30. The van der Waals surface area contributed by atoms with Gasteiger partial charge in [-0.15, -0.1) is 0 Å². The van der Waals surface area contributed by atoms with Gasteiger partial charge >= 0.3 is 6.18 Å². The summed E-state index contributed by atoms with van der Waals surface area (Å²) in [7, 11) is 0. The Morgan fingerprint density at radius 2 is 1.50 bits per heavy atom. The third kappa shape index (κ3) is 4.35. The van der Waals surface area contributed by atoms with Crippen LogP contribution in [0.1, 0.15) is 34.9 Å². The Kier molecular flexibility index (Phi) is 6.56. The van der Waals surface area contributed by atoms with Crippen LogP contribution in [0.15, 0.2) is 59.2 Å². The Morgan fingerprint density at radius 1 is 0.875 bits per heavy atom. The van der Waals surface area contributed by atoms with Crippen LogP contribution in [-0.4, -0.2) is 16.2 Å². The van der Waals surface area contributed by atoms with Crippen molar-refractivity contribution in [2.75, 3.05) is 5.01 Å². The second-order valence-corrected chi connectivity index (χ2v) is 9.43. The maximum atomic E-state index is 14.7. The predicted octanol–water partition coefficient (Wildman–Crippen LogP) is 7.69. The first-order valence-corrected chi connectivity index (χ1v) is 12.0. The molecule has 0 radical (unpaired) electrons. The number of anilines is 1. The lowest BCUT2D eigenvalue weighted by Crippen LogP contribution is -2.26. The van der Waals surface area contributed by atoms with E-state index in [1.807, 2.05) is 66.9 Å². The van der Waals surface area contributed by atoms with Crippen molar-refractivity contribution in [3.63, 3.8) is 0 Å². The number of carbonyl (C=O) groups is 1. The van der Waals surface area contributed by atoms with Gasteiger partial charge in [-0.1, -0.05) is 42.0 Å². The topological polar surface area (TPSA) is 37.6 Å². The van der Waals surface area contributed by atoms with Crippen molar-refractivity contribution in [1.29, 1.82) is 0 Å². The van der Waals surface area contributed by atoms with Gasteiger partial charge in [-0.25, -0.2) is 17.6 Å². The number of carbonyl (C=O) groups excluding carboxylic acids is 1. The molecular weight excluding hydrogens is 539 g/mol. The highest BCUT2D eigenvalue weighted by Crippen LogP contribution is 2.41. The Hall–Kier alpha value is -4.41. The minimum absolute atomic E-state index is 0.0435. The SMILES string of the molecule is CC1=NN(c2c(F)c(F)c(C(F)(F)F)c(F)c2F)C(=O)/C1=C/c1c(C)n(Cc2ccccc2)c2ccc(C)cc12. The minimum Gasteiger partial charge on any atom is -0.340 e. The first-order chi connectivity index (χ1) is 18.8. The maximum Gasteiger partial charge on any atom is 0.422 e. The van der Waals surface area contributed by atoms with E-state index < -0.39 is 46.6 Å². The normalized spacial score (nSPS) is 15.1. The first kappa shape index (κ1) is 27.2. The molecule has 2 heterocycles. The van der Waals surface area contributed by atoms with E-state index in [-0.39, 0.29) is 16.3 Å². The van der Waals surface area contributed by atoms with Crippen LogP contribution in [0.4, 0.5) is 36.4 Å². The van der Waals surface area contributed by atoms with E-state index in [9.17, 15) is 35.5 Å². The van der Waals surface area contributed by atoms with E-state index in [1.165, 1.54) is 13.0 Å². The standard InChI is InChI=1S/C29H20F7N3O/c1-14-9-10-21-20(11-14)19(16(3)38(21)13-17-7-5-4-6-8-17)12-18-15(2)37-39(28(18)40)27-25(32)23(30)22(29(34,35)36)24(31)26(27)33/h4-12H,13H2,1-3H3/b18-12+. The summed E-state index contributed by atoms with van der Waals surface area (Å²) in [5, 5.41) is 4.56. The molecule has 0 aliphatic carbocycles. The fourth-order valence-corrected chi connectivity index (χ4v) is 4.81. The predicted molar refractivity (Wildman–Crippen MR) is 137 cm³/mol. The Morgan fingerprint density at radius 3 is 2.10 bits per heavy atom. The number of hydrazone groups is 1. The molecule has 0 saturated heterocycles. The quantitative estimate of drug-likeness (QED) is 0.144. The number of hydrogen-bond acceptors (Lipinski definition) is 2. The van der Waals surface area contributed by atoms with Crippen molar-refractivity contribution in [3.8, 4) is 0 Å². The van der Waals surface area contributed by atoms with Gasteiger partial charge in [-0.3, -0.25) is 4.79 Å². The minimum atomic E-state index is -5.71. The smallest absolute Gasteiger partial charge is 0.340 e. The highest BCUT2D eigenvalue weighted by atomic mass is 19.4. The van der Waals surface area contributed by atoms with Crippen LogP contribution < -0.4 is 5.01 Å². The van der Waals surface area contributed by atoms with Gasteiger partial charge in [0.1, 0.15) is 11.3 Å². The molecule has 3 aromatic carbocycles. The zero-order chi connectivity index (χ0) is 29.1. The molecule has 0 bridgehead atoms. The van der Waals surface area contributed by atoms with Crippen LogP contribution in [0.3, 0.4) is 0 Å². The number of alkyl halides is 3. The number of aromatic nitrogens is 1. The lowest BCUT2D eigenvalue weighted by Gasteiger charge is -2.18. The summed E-state index contributed by atoms with van der Waals surface area (Å²) in [5.74, 6) is -11.3. The number of halogens is 7. The number of fused-ring (bicyclic) bond motifs is 1. The molecule has 0 atom stereocenters. The van der Waals surface area contributed by atoms with Crippen LogP contribution in [0.5, 0.6) is 0 Å². The second kappa shape index (κ2) is 9.65. The summed E-state index contributed by atoms with van der Waals surface area (Å²) in [6, 6.07) is 15.4. The Balaban J connectivity index is 1.63. The van der Waals surface area contributed by atoms with Crippen LogP contribution in [0, 0.1) is 37.1 Å². The summed E-state index contributed by atoms with van der Waals surface area (Å²) in [4.78, 5) is 13.3. The lowest BCUT2D eigenvalue weighted by molar-refractivity contribution is -0.143. The van der Waals surface area contributed by atoms with Gasteiger partial charge in [0.15, 0.2) is 23.3 Å². The molecule has 40 heavy (non-hydrogen) atoms.